The van der Waals surface area contributed by atoms with E-state index in [1.807, 2.05) is 36.4 Å². The molecule has 1 amide bonds. The number of ether oxygens (including phenoxy) is 1. The number of thiazole rings is 1. The van der Waals surface area contributed by atoms with E-state index in [-0.39, 0.29) is 23.9 Å². The third kappa shape index (κ3) is 5.71. The summed E-state index contributed by atoms with van der Waals surface area (Å²) in [5, 5.41) is 0.928. The summed E-state index contributed by atoms with van der Waals surface area (Å²) in [6.07, 6.45) is 3.34. The molecule has 0 radical (unpaired) electrons. The van der Waals surface area contributed by atoms with Gasteiger partial charge in [0.1, 0.15) is 11.3 Å². The van der Waals surface area contributed by atoms with Crippen molar-refractivity contribution in [1.82, 2.24) is 14.3 Å². The Kier molecular flexibility index (Phi) is 8.13. The molecule has 5 rings (SSSR count). The number of nitrogens with zero attached hydrogens (tertiary/aromatic N) is 4. The van der Waals surface area contributed by atoms with Crippen molar-refractivity contribution in [2.24, 2.45) is 0 Å². The molecule has 5 aromatic rings. The maximum Gasteiger partial charge on any atom is 0.260 e. The quantitative estimate of drug-likeness (QED) is 0.208. The number of rotatable bonds is 9. The Morgan fingerprint density at radius 2 is 1.68 bits per heavy atom. The number of sulfonamides is 1. The molecule has 2 aromatic heterocycles. The monoisotopic (exact) mass is 592 g/mol. The molecule has 0 atom stereocenters. The first-order chi connectivity index (χ1) is 19.3. The topological polar surface area (TPSA) is 92.7 Å². The van der Waals surface area contributed by atoms with Gasteiger partial charge in [0.25, 0.3) is 5.91 Å². The van der Waals surface area contributed by atoms with E-state index >= 15 is 0 Å². The molecule has 3 aromatic carbocycles. The molecule has 0 aliphatic carbocycles. The first-order valence-corrected chi connectivity index (χ1v) is 14.9. The number of carbonyl (C=O) groups is 1. The van der Waals surface area contributed by atoms with Gasteiger partial charge in [-0.25, -0.2) is 13.4 Å². The van der Waals surface area contributed by atoms with Crippen molar-refractivity contribution in [3.8, 4) is 5.75 Å². The van der Waals surface area contributed by atoms with Crippen molar-refractivity contribution in [1.29, 1.82) is 0 Å². The number of fused-ring (bicyclic) bond motifs is 1. The zero-order valence-corrected chi connectivity index (χ0v) is 24.1. The van der Waals surface area contributed by atoms with Crippen molar-refractivity contribution in [3.63, 3.8) is 0 Å². The fourth-order valence-electron chi connectivity index (χ4n) is 4.15. The number of halogens is 1. The van der Waals surface area contributed by atoms with Crippen LogP contribution < -0.4 is 9.64 Å². The summed E-state index contributed by atoms with van der Waals surface area (Å²) in [7, 11) is -0.689. The second kappa shape index (κ2) is 11.7. The number of amides is 1. The van der Waals surface area contributed by atoms with Gasteiger partial charge >= 0.3 is 0 Å². The minimum absolute atomic E-state index is 0.0952. The van der Waals surface area contributed by atoms with E-state index in [2.05, 4.69) is 4.98 Å². The lowest BCUT2D eigenvalue weighted by atomic mass is 10.2. The van der Waals surface area contributed by atoms with E-state index in [4.69, 9.17) is 21.3 Å². The van der Waals surface area contributed by atoms with E-state index in [0.29, 0.717) is 31.7 Å². The summed E-state index contributed by atoms with van der Waals surface area (Å²) in [4.78, 5) is 24.3. The summed E-state index contributed by atoms with van der Waals surface area (Å²) in [6.45, 7) is 0.429. The molecule has 40 heavy (non-hydrogen) atoms. The van der Waals surface area contributed by atoms with Gasteiger partial charge in [-0.3, -0.25) is 14.7 Å². The van der Waals surface area contributed by atoms with Crippen molar-refractivity contribution < 1.29 is 17.9 Å². The summed E-state index contributed by atoms with van der Waals surface area (Å²) < 4.78 is 33.8. The summed E-state index contributed by atoms with van der Waals surface area (Å²) in [5.74, 6) is 0.199. The first kappa shape index (κ1) is 27.7. The zero-order chi connectivity index (χ0) is 28.3. The first-order valence-electron chi connectivity index (χ1n) is 12.2. The fraction of sp³-hybridized carbons (Fsp3) is 0.138. The van der Waals surface area contributed by atoms with Gasteiger partial charge in [0, 0.05) is 31.5 Å². The lowest BCUT2D eigenvalue weighted by molar-refractivity contribution is 0.0985. The van der Waals surface area contributed by atoms with Crippen LogP contribution in [0.5, 0.6) is 5.75 Å². The lowest BCUT2D eigenvalue weighted by Gasteiger charge is -2.21. The molecule has 11 heteroatoms. The highest BCUT2D eigenvalue weighted by Gasteiger charge is 2.26. The van der Waals surface area contributed by atoms with E-state index in [1.54, 1.807) is 37.7 Å². The van der Waals surface area contributed by atoms with Crippen molar-refractivity contribution >= 4 is 54.2 Å². The van der Waals surface area contributed by atoms with Crippen LogP contribution in [0.1, 0.15) is 21.5 Å². The SMILES string of the molecule is COc1ccc(Cl)c2sc(N(Cc3cccnc3)C(=O)c3ccc(S(=O)(=O)N(C)Cc4ccccc4)cc3)nc12. The predicted molar refractivity (Wildman–Crippen MR) is 157 cm³/mol. The zero-order valence-electron chi connectivity index (χ0n) is 21.7. The molecule has 0 saturated heterocycles. The van der Waals surface area contributed by atoms with Crippen LogP contribution in [0.3, 0.4) is 0 Å². The largest absolute Gasteiger partial charge is 0.494 e. The second-order valence-corrected chi connectivity index (χ2v) is 12.4. The summed E-state index contributed by atoms with van der Waals surface area (Å²) in [5.41, 5.74) is 2.54. The van der Waals surface area contributed by atoms with E-state index in [0.717, 1.165) is 11.1 Å². The molecule has 0 saturated carbocycles. The highest BCUT2D eigenvalue weighted by molar-refractivity contribution is 7.89. The van der Waals surface area contributed by atoms with Gasteiger partial charge in [0.05, 0.1) is 28.3 Å². The third-order valence-electron chi connectivity index (χ3n) is 6.26. The van der Waals surface area contributed by atoms with Crippen LogP contribution in [-0.2, 0) is 23.1 Å². The van der Waals surface area contributed by atoms with Crippen LogP contribution in [0.2, 0.25) is 5.02 Å². The van der Waals surface area contributed by atoms with Gasteiger partial charge in [-0.2, -0.15) is 4.31 Å². The molecule has 0 aliphatic heterocycles. The number of hydrogen-bond acceptors (Lipinski definition) is 7. The molecule has 204 valence electrons. The Morgan fingerprint density at radius 1 is 0.950 bits per heavy atom. The molecule has 0 aliphatic rings. The standard InChI is InChI=1S/C29H25ClN4O4S2/c1-33(18-20-7-4-3-5-8-20)40(36,37)23-12-10-22(11-13-23)28(35)34(19-21-9-6-16-31-17-21)29-32-26-25(38-2)15-14-24(30)27(26)39-29/h3-17H,18-19H2,1-2H3. The van der Waals surface area contributed by atoms with E-state index in [1.165, 1.54) is 51.9 Å². The average Bonchev–Trinajstić information content (AvgIpc) is 3.43. The minimum Gasteiger partial charge on any atom is -0.494 e. The Bertz CT molecular complexity index is 1750. The lowest BCUT2D eigenvalue weighted by Crippen LogP contribution is -2.30. The predicted octanol–water partition coefficient (Wildman–Crippen LogP) is 6.02. The van der Waals surface area contributed by atoms with Crippen molar-refractivity contribution in [2.45, 2.75) is 18.0 Å². The van der Waals surface area contributed by atoms with Crippen LogP contribution in [0.15, 0.2) is 96.2 Å². The molecule has 2 heterocycles. The van der Waals surface area contributed by atoms with Crippen molar-refractivity contribution in [3.05, 3.63) is 113 Å². The van der Waals surface area contributed by atoms with Gasteiger partial charge in [-0.05, 0) is 53.6 Å². The number of methoxy groups -OCH3 is 1. The Balaban J connectivity index is 1.46. The minimum atomic E-state index is -3.77. The number of benzene rings is 3. The number of carbonyl (C=O) groups excluding carboxylic acids is 1. The third-order valence-corrected chi connectivity index (χ3v) is 9.62. The highest BCUT2D eigenvalue weighted by Crippen LogP contribution is 2.39. The highest BCUT2D eigenvalue weighted by atomic mass is 35.5. The Hall–Kier alpha value is -3.83. The average molecular weight is 593 g/mol. The maximum atomic E-state index is 13.8. The molecular formula is C29H25ClN4O4S2. The van der Waals surface area contributed by atoms with E-state index < -0.39 is 10.0 Å². The summed E-state index contributed by atoms with van der Waals surface area (Å²) >= 11 is 7.71. The molecule has 0 unspecified atom stereocenters. The number of anilines is 1. The fourth-order valence-corrected chi connectivity index (χ4v) is 6.57. The number of hydrogen-bond donors (Lipinski definition) is 0. The molecule has 0 spiro atoms. The van der Waals surface area contributed by atoms with E-state index in [9.17, 15) is 13.2 Å². The molecule has 8 nitrogen and oxygen atoms in total. The van der Waals surface area contributed by atoms with Crippen LogP contribution in [-0.4, -0.2) is 42.8 Å². The molecule has 0 bridgehead atoms. The van der Waals surface area contributed by atoms with Gasteiger partial charge in [-0.15, -0.1) is 0 Å². The molecular weight excluding hydrogens is 568 g/mol. The van der Waals surface area contributed by atoms with Gasteiger partial charge in [0.2, 0.25) is 10.0 Å². The normalized spacial score (nSPS) is 11.6. The van der Waals surface area contributed by atoms with Crippen LogP contribution >= 0.6 is 22.9 Å². The van der Waals surface area contributed by atoms with Gasteiger partial charge < -0.3 is 4.74 Å². The van der Waals surface area contributed by atoms with Crippen LogP contribution in [0.4, 0.5) is 5.13 Å². The number of pyridine rings is 1. The Morgan fingerprint density at radius 3 is 2.35 bits per heavy atom. The molecule has 0 N–H and O–H groups in total. The molecule has 0 fully saturated rings. The Labute approximate surface area is 241 Å². The number of aromatic nitrogens is 2. The van der Waals surface area contributed by atoms with Gasteiger partial charge in [0.15, 0.2) is 5.13 Å². The van der Waals surface area contributed by atoms with Crippen molar-refractivity contribution in [2.75, 3.05) is 19.1 Å². The second-order valence-electron chi connectivity index (χ2n) is 8.95. The smallest absolute Gasteiger partial charge is 0.260 e. The summed E-state index contributed by atoms with van der Waals surface area (Å²) in [6, 6.07) is 22.4. The van der Waals surface area contributed by atoms with Gasteiger partial charge in [-0.1, -0.05) is 59.3 Å². The maximum absolute atomic E-state index is 13.8. The van der Waals surface area contributed by atoms with Crippen LogP contribution in [0.25, 0.3) is 10.2 Å². The van der Waals surface area contributed by atoms with Crippen LogP contribution in [0, 0.1) is 0 Å².